The van der Waals surface area contributed by atoms with E-state index in [0.29, 0.717) is 24.7 Å². The fourth-order valence-electron chi connectivity index (χ4n) is 4.09. The molecule has 0 saturated carbocycles. The van der Waals surface area contributed by atoms with Crippen LogP contribution in [0.15, 0.2) is 54.6 Å². The molecule has 2 aromatic heterocycles. The topological polar surface area (TPSA) is 73.1 Å². The summed E-state index contributed by atoms with van der Waals surface area (Å²) >= 11 is 1.74. The molecule has 5 rings (SSSR count). The predicted octanol–water partition coefficient (Wildman–Crippen LogP) is 4.01. The molecule has 1 amide bonds. The largest absolute Gasteiger partial charge is 0.497 e. The average molecular weight is 460 g/mol. The van der Waals surface area contributed by atoms with Gasteiger partial charge in [-0.1, -0.05) is 30.3 Å². The molecule has 0 N–H and O–H groups in total. The van der Waals surface area contributed by atoms with Gasteiger partial charge < -0.3 is 9.64 Å². The highest BCUT2D eigenvalue weighted by atomic mass is 32.1. The fourth-order valence-corrected chi connectivity index (χ4v) is 5.06. The highest BCUT2D eigenvalue weighted by Crippen LogP contribution is 2.25. The minimum Gasteiger partial charge on any atom is -0.497 e. The fraction of sp³-hybridized carbons (Fsp3) is 0.280. The maximum atomic E-state index is 13.3. The van der Waals surface area contributed by atoms with Crippen LogP contribution >= 0.6 is 11.3 Å². The second kappa shape index (κ2) is 9.15. The monoisotopic (exact) mass is 459 g/mol. The molecule has 33 heavy (non-hydrogen) atoms. The van der Waals surface area contributed by atoms with Crippen LogP contribution in [-0.4, -0.2) is 50.8 Å². The van der Waals surface area contributed by atoms with Gasteiger partial charge in [0.15, 0.2) is 11.6 Å². The normalized spacial score (nSPS) is 13.5. The molecule has 0 fully saturated rings. The molecule has 3 heterocycles. The van der Waals surface area contributed by atoms with Crippen LogP contribution in [0.2, 0.25) is 0 Å². The van der Waals surface area contributed by atoms with Crippen LogP contribution < -0.4 is 4.74 Å². The standard InChI is InChI=1S/C25H25N5O2S/c1-17-26-21-12-14-29(15-13-22(21)33-17)23(31)16-30-25(19-6-4-3-5-7-19)27-24(28-30)18-8-10-20(32-2)11-9-18/h3-11H,12-16H2,1-2H3. The number of hydrogen-bond donors (Lipinski definition) is 0. The van der Waals surface area contributed by atoms with Gasteiger partial charge in [-0.15, -0.1) is 16.4 Å². The third-order valence-corrected chi connectivity index (χ3v) is 6.87. The SMILES string of the molecule is COc1ccc(-c2nc(-c3ccccc3)n(CC(=O)N3CCc4nc(C)sc4CC3)n2)cc1. The van der Waals surface area contributed by atoms with Gasteiger partial charge >= 0.3 is 0 Å². The third-order valence-electron chi connectivity index (χ3n) is 5.80. The second-order valence-electron chi connectivity index (χ2n) is 7.99. The summed E-state index contributed by atoms with van der Waals surface area (Å²) in [6.07, 6.45) is 1.65. The second-order valence-corrected chi connectivity index (χ2v) is 9.28. The summed E-state index contributed by atoms with van der Waals surface area (Å²) in [6.45, 7) is 3.57. The Morgan fingerprint density at radius 1 is 1.00 bits per heavy atom. The van der Waals surface area contributed by atoms with Crippen molar-refractivity contribution in [2.45, 2.75) is 26.3 Å². The minimum atomic E-state index is 0.0465. The molecule has 1 aliphatic rings. The minimum absolute atomic E-state index is 0.0465. The number of thiazole rings is 1. The molecule has 0 saturated heterocycles. The Morgan fingerprint density at radius 2 is 1.76 bits per heavy atom. The Morgan fingerprint density at radius 3 is 2.52 bits per heavy atom. The molecule has 7 nitrogen and oxygen atoms in total. The molecule has 4 aromatic rings. The highest BCUT2D eigenvalue weighted by molar-refractivity contribution is 7.11. The van der Waals surface area contributed by atoms with Crippen molar-refractivity contribution >= 4 is 17.2 Å². The number of benzene rings is 2. The lowest BCUT2D eigenvalue weighted by molar-refractivity contribution is -0.131. The van der Waals surface area contributed by atoms with Gasteiger partial charge in [-0.2, -0.15) is 0 Å². The molecule has 1 aliphatic heterocycles. The summed E-state index contributed by atoms with van der Waals surface area (Å²) in [4.78, 5) is 25.9. The van der Waals surface area contributed by atoms with Gasteiger partial charge in [-0.05, 0) is 31.2 Å². The van der Waals surface area contributed by atoms with Gasteiger partial charge in [-0.25, -0.2) is 14.6 Å². The number of carbonyl (C=O) groups excluding carboxylic acids is 1. The lowest BCUT2D eigenvalue weighted by Crippen LogP contribution is -2.36. The quantitative estimate of drug-likeness (QED) is 0.451. The van der Waals surface area contributed by atoms with Crippen LogP contribution in [0.1, 0.15) is 15.6 Å². The van der Waals surface area contributed by atoms with Crippen LogP contribution in [0.25, 0.3) is 22.8 Å². The molecule has 0 aliphatic carbocycles. The first kappa shape index (κ1) is 21.3. The van der Waals surface area contributed by atoms with Crippen molar-refractivity contribution in [3.63, 3.8) is 0 Å². The van der Waals surface area contributed by atoms with E-state index in [9.17, 15) is 4.79 Å². The first-order chi connectivity index (χ1) is 16.1. The molecule has 0 spiro atoms. The summed E-state index contributed by atoms with van der Waals surface area (Å²) in [7, 11) is 1.64. The van der Waals surface area contributed by atoms with Gasteiger partial charge in [-0.3, -0.25) is 4.79 Å². The van der Waals surface area contributed by atoms with Gasteiger partial charge in [0.05, 0.1) is 17.8 Å². The molecule has 8 heteroatoms. The van der Waals surface area contributed by atoms with Crippen LogP contribution in [-0.2, 0) is 24.2 Å². The molecule has 0 atom stereocenters. The van der Waals surface area contributed by atoms with E-state index in [4.69, 9.17) is 14.8 Å². The first-order valence-corrected chi connectivity index (χ1v) is 11.8. The summed E-state index contributed by atoms with van der Waals surface area (Å²) in [5.41, 5.74) is 2.94. The first-order valence-electron chi connectivity index (χ1n) is 11.0. The van der Waals surface area contributed by atoms with Crippen LogP contribution in [0.3, 0.4) is 0 Å². The lowest BCUT2D eigenvalue weighted by Gasteiger charge is -2.20. The smallest absolute Gasteiger partial charge is 0.244 e. The zero-order valence-electron chi connectivity index (χ0n) is 18.7. The molecule has 2 aromatic carbocycles. The number of ether oxygens (including phenoxy) is 1. The molecule has 0 bridgehead atoms. The van der Waals surface area contributed by atoms with Crippen molar-refractivity contribution in [1.82, 2.24) is 24.6 Å². The number of aryl methyl sites for hydroxylation is 1. The van der Waals surface area contributed by atoms with Crippen molar-refractivity contribution in [1.29, 1.82) is 0 Å². The highest BCUT2D eigenvalue weighted by Gasteiger charge is 2.23. The Labute approximate surface area is 196 Å². The molecule has 0 radical (unpaired) electrons. The lowest BCUT2D eigenvalue weighted by atomic mass is 10.2. The van der Waals surface area contributed by atoms with E-state index >= 15 is 0 Å². The summed E-state index contributed by atoms with van der Waals surface area (Å²) < 4.78 is 6.98. The number of fused-ring (bicyclic) bond motifs is 1. The Kier molecular flexibility index (Phi) is 5.92. The molecule has 168 valence electrons. The van der Waals surface area contributed by atoms with Crippen molar-refractivity contribution in [3.8, 4) is 28.5 Å². The van der Waals surface area contributed by atoms with Gasteiger partial charge in [0.2, 0.25) is 5.91 Å². The van der Waals surface area contributed by atoms with E-state index < -0.39 is 0 Å². The number of methoxy groups -OCH3 is 1. The van der Waals surface area contributed by atoms with E-state index in [0.717, 1.165) is 40.4 Å². The summed E-state index contributed by atoms with van der Waals surface area (Å²) in [5, 5.41) is 5.82. The van der Waals surface area contributed by atoms with Crippen molar-refractivity contribution in [3.05, 3.63) is 70.2 Å². The number of hydrogen-bond acceptors (Lipinski definition) is 6. The summed E-state index contributed by atoms with van der Waals surface area (Å²) in [5.74, 6) is 2.09. The Hall–Kier alpha value is -3.52. The maximum Gasteiger partial charge on any atom is 0.244 e. The number of carbonyl (C=O) groups is 1. The maximum absolute atomic E-state index is 13.3. The molecular formula is C25H25N5O2S. The van der Waals surface area contributed by atoms with Crippen molar-refractivity contribution in [2.24, 2.45) is 0 Å². The summed E-state index contributed by atoms with van der Waals surface area (Å²) in [6, 6.07) is 17.5. The number of amides is 1. The zero-order valence-corrected chi connectivity index (χ0v) is 19.5. The molecule has 0 unspecified atom stereocenters. The predicted molar refractivity (Wildman–Crippen MR) is 128 cm³/mol. The van der Waals surface area contributed by atoms with Gasteiger partial charge in [0.25, 0.3) is 0 Å². The Bertz CT molecular complexity index is 1240. The van der Waals surface area contributed by atoms with Crippen molar-refractivity contribution in [2.75, 3.05) is 20.2 Å². The van der Waals surface area contributed by atoms with E-state index in [-0.39, 0.29) is 12.5 Å². The number of rotatable bonds is 5. The van der Waals surface area contributed by atoms with E-state index in [2.05, 4.69) is 4.98 Å². The number of nitrogens with zero attached hydrogens (tertiary/aromatic N) is 5. The number of aromatic nitrogens is 4. The van der Waals surface area contributed by atoms with E-state index in [1.165, 1.54) is 4.88 Å². The van der Waals surface area contributed by atoms with Gasteiger partial charge in [0.1, 0.15) is 12.3 Å². The van der Waals surface area contributed by atoms with Crippen LogP contribution in [0.4, 0.5) is 0 Å². The van der Waals surface area contributed by atoms with Crippen LogP contribution in [0, 0.1) is 6.92 Å². The zero-order chi connectivity index (χ0) is 22.8. The van der Waals surface area contributed by atoms with Crippen molar-refractivity contribution < 1.29 is 9.53 Å². The van der Waals surface area contributed by atoms with Crippen LogP contribution in [0.5, 0.6) is 5.75 Å². The van der Waals surface area contributed by atoms with Gasteiger partial charge in [0, 0.05) is 41.9 Å². The van der Waals surface area contributed by atoms with E-state index in [1.807, 2.05) is 66.4 Å². The Balaban J connectivity index is 1.40. The third kappa shape index (κ3) is 4.52. The molecular weight excluding hydrogens is 434 g/mol. The average Bonchev–Trinajstić information content (AvgIpc) is 3.36. The van der Waals surface area contributed by atoms with E-state index in [1.54, 1.807) is 23.1 Å².